The van der Waals surface area contributed by atoms with Gasteiger partial charge in [0.15, 0.2) is 15.0 Å². The predicted molar refractivity (Wildman–Crippen MR) is 105 cm³/mol. The zero-order valence-electron chi connectivity index (χ0n) is 13.6. The highest BCUT2D eigenvalue weighted by Gasteiger charge is 2.49. The van der Waals surface area contributed by atoms with E-state index in [1.165, 1.54) is 11.8 Å². The van der Waals surface area contributed by atoms with Gasteiger partial charge >= 0.3 is 0 Å². The van der Waals surface area contributed by atoms with E-state index in [1.54, 1.807) is 18.2 Å². The van der Waals surface area contributed by atoms with Crippen molar-refractivity contribution in [2.75, 3.05) is 16.4 Å². The quantitative estimate of drug-likeness (QED) is 0.740. The van der Waals surface area contributed by atoms with Gasteiger partial charge in [-0.3, -0.25) is 4.79 Å². The Hall–Kier alpha value is -0.760. The van der Waals surface area contributed by atoms with E-state index >= 15 is 0 Å². The summed E-state index contributed by atoms with van der Waals surface area (Å²) in [5, 5.41) is 1.22. The van der Waals surface area contributed by atoms with Gasteiger partial charge in [0, 0.05) is 17.4 Å². The number of thioether (sulfide) groups is 1. The Bertz CT molecular complexity index is 827. The van der Waals surface area contributed by atoms with Crippen LogP contribution >= 0.6 is 35.0 Å². The first kappa shape index (κ1) is 19.0. The summed E-state index contributed by atoms with van der Waals surface area (Å²) in [6.07, 6.45) is 2.10. The molecule has 0 spiro atoms. The molecule has 0 N–H and O–H groups in total. The summed E-state index contributed by atoms with van der Waals surface area (Å²) in [5.41, 5.74) is 0.702. The lowest BCUT2D eigenvalue weighted by atomic mass is 10.2. The number of sulfone groups is 1. The predicted octanol–water partition coefficient (Wildman–Crippen LogP) is 3.79. The standard InChI is InChI=1S/C16H18Cl2N2O3S2/c1-2-3-4-15(21)19-16-20(10-5-6-11(17)12(18)7-10)13-8-25(22,23)9-14(13)24-16/h5-7,13-14H,2-4,8-9H2,1H3/t13-,14-/m0/s1. The lowest BCUT2D eigenvalue weighted by molar-refractivity contribution is -0.117. The van der Waals surface area contributed by atoms with Crippen LogP contribution in [-0.4, -0.2) is 42.3 Å². The Labute approximate surface area is 161 Å². The van der Waals surface area contributed by atoms with Crippen LogP contribution in [0.2, 0.25) is 10.0 Å². The van der Waals surface area contributed by atoms with Crippen LogP contribution in [0.15, 0.2) is 23.2 Å². The molecule has 2 saturated heterocycles. The summed E-state index contributed by atoms with van der Waals surface area (Å²) in [5.74, 6) is -0.0349. The second-order valence-electron chi connectivity index (χ2n) is 6.16. The number of amidine groups is 1. The minimum atomic E-state index is -3.09. The van der Waals surface area contributed by atoms with Gasteiger partial charge in [-0.2, -0.15) is 4.99 Å². The molecule has 1 aromatic rings. The molecule has 1 amide bonds. The number of nitrogens with zero attached hydrogens (tertiary/aromatic N) is 2. The fraction of sp³-hybridized carbons (Fsp3) is 0.500. The summed E-state index contributed by atoms with van der Waals surface area (Å²) in [7, 11) is -3.09. The largest absolute Gasteiger partial charge is 0.316 e. The highest BCUT2D eigenvalue weighted by Crippen LogP contribution is 2.42. The Morgan fingerprint density at radius 3 is 2.76 bits per heavy atom. The number of hydrogen-bond acceptors (Lipinski definition) is 4. The maximum Gasteiger partial charge on any atom is 0.248 e. The van der Waals surface area contributed by atoms with E-state index in [-0.39, 0.29) is 28.7 Å². The van der Waals surface area contributed by atoms with Crippen molar-refractivity contribution in [3.63, 3.8) is 0 Å². The van der Waals surface area contributed by atoms with Gasteiger partial charge in [-0.15, -0.1) is 0 Å². The molecule has 2 aliphatic heterocycles. The van der Waals surface area contributed by atoms with Gasteiger partial charge < -0.3 is 4.90 Å². The van der Waals surface area contributed by atoms with Crippen molar-refractivity contribution in [2.24, 2.45) is 4.99 Å². The number of aliphatic imine (C=N–C) groups is 1. The number of halogens is 2. The van der Waals surface area contributed by atoms with Crippen molar-refractivity contribution in [1.29, 1.82) is 0 Å². The Morgan fingerprint density at radius 1 is 1.32 bits per heavy atom. The fourth-order valence-corrected chi connectivity index (χ4v) is 7.22. The normalized spacial score (nSPS) is 26.2. The molecule has 0 radical (unpaired) electrons. The van der Waals surface area contributed by atoms with E-state index in [4.69, 9.17) is 23.2 Å². The molecule has 0 aliphatic carbocycles. The second-order valence-corrected chi connectivity index (χ2v) is 10.3. The topological polar surface area (TPSA) is 66.8 Å². The molecule has 1 aromatic carbocycles. The van der Waals surface area contributed by atoms with Gasteiger partial charge in [0.05, 0.1) is 27.6 Å². The van der Waals surface area contributed by atoms with Crippen molar-refractivity contribution >= 4 is 61.6 Å². The van der Waals surface area contributed by atoms with Crippen molar-refractivity contribution < 1.29 is 13.2 Å². The minimum Gasteiger partial charge on any atom is -0.316 e. The maximum absolute atomic E-state index is 12.1. The fourth-order valence-electron chi connectivity index (χ4n) is 2.99. The highest BCUT2D eigenvalue weighted by atomic mass is 35.5. The Morgan fingerprint density at radius 2 is 2.08 bits per heavy atom. The smallest absolute Gasteiger partial charge is 0.248 e. The SMILES string of the molecule is CCCCC(=O)N=C1S[C@H]2CS(=O)(=O)C[C@@H]2N1c1ccc(Cl)c(Cl)c1. The molecular formula is C16H18Cl2N2O3S2. The van der Waals surface area contributed by atoms with Gasteiger partial charge in [0.2, 0.25) is 5.91 Å². The van der Waals surface area contributed by atoms with E-state index in [9.17, 15) is 13.2 Å². The van der Waals surface area contributed by atoms with Crippen LogP contribution in [0.4, 0.5) is 5.69 Å². The number of carbonyl (C=O) groups is 1. The molecule has 2 heterocycles. The van der Waals surface area contributed by atoms with Crippen LogP contribution in [0.5, 0.6) is 0 Å². The van der Waals surface area contributed by atoms with E-state index in [0.29, 0.717) is 27.3 Å². The van der Waals surface area contributed by atoms with E-state index in [1.807, 2.05) is 11.8 Å². The lowest BCUT2D eigenvalue weighted by Crippen LogP contribution is -2.37. The number of amides is 1. The van der Waals surface area contributed by atoms with Crippen LogP contribution in [-0.2, 0) is 14.6 Å². The number of benzene rings is 1. The summed E-state index contributed by atoms with van der Waals surface area (Å²) in [6, 6.07) is 4.87. The zero-order valence-corrected chi connectivity index (χ0v) is 16.8. The number of hydrogen-bond donors (Lipinski definition) is 0. The number of fused-ring (bicyclic) bond motifs is 1. The number of anilines is 1. The molecule has 2 fully saturated rings. The summed E-state index contributed by atoms with van der Waals surface area (Å²) in [4.78, 5) is 18.2. The van der Waals surface area contributed by atoms with Crippen LogP contribution < -0.4 is 4.90 Å². The summed E-state index contributed by atoms with van der Waals surface area (Å²) in [6.45, 7) is 2.02. The molecule has 9 heteroatoms. The molecule has 0 bridgehead atoms. The third-order valence-electron chi connectivity index (χ3n) is 4.21. The molecule has 5 nitrogen and oxygen atoms in total. The molecule has 0 saturated carbocycles. The molecule has 0 unspecified atom stereocenters. The summed E-state index contributed by atoms with van der Waals surface area (Å²) < 4.78 is 24.0. The first-order chi connectivity index (χ1) is 11.8. The van der Waals surface area contributed by atoms with Gasteiger partial charge in [-0.1, -0.05) is 48.3 Å². The molecule has 25 heavy (non-hydrogen) atoms. The van der Waals surface area contributed by atoms with Crippen LogP contribution in [0.25, 0.3) is 0 Å². The first-order valence-electron chi connectivity index (χ1n) is 8.03. The molecule has 3 rings (SSSR count). The summed E-state index contributed by atoms with van der Waals surface area (Å²) >= 11 is 13.5. The van der Waals surface area contributed by atoms with E-state index < -0.39 is 9.84 Å². The average molecular weight is 421 g/mol. The van der Waals surface area contributed by atoms with Crippen molar-refractivity contribution in [3.05, 3.63) is 28.2 Å². The van der Waals surface area contributed by atoms with E-state index in [2.05, 4.69) is 4.99 Å². The van der Waals surface area contributed by atoms with Crippen molar-refractivity contribution in [1.82, 2.24) is 0 Å². The third-order valence-corrected chi connectivity index (χ3v) is 8.16. The molecule has 136 valence electrons. The first-order valence-corrected chi connectivity index (χ1v) is 11.5. The van der Waals surface area contributed by atoms with Crippen LogP contribution in [0.3, 0.4) is 0 Å². The maximum atomic E-state index is 12.1. The van der Waals surface area contributed by atoms with Crippen molar-refractivity contribution in [2.45, 2.75) is 37.5 Å². The van der Waals surface area contributed by atoms with Crippen LogP contribution in [0.1, 0.15) is 26.2 Å². The number of rotatable bonds is 4. The zero-order chi connectivity index (χ0) is 18.2. The monoisotopic (exact) mass is 420 g/mol. The molecule has 2 aliphatic rings. The van der Waals surface area contributed by atoms with Gasteiger partial charge in [0.1, 0.15) is 0 Å². The molecule has 0 aromatic heterocycles. The number of unbranched alkanes of at least 4 members (excludes halogenated alkanes) is 1. The number of carbonyl (C=O) groups excluding carboxylic acids is 1. The third kappa shape index (κ3) is 4.15. The van der Waals surface area contributed by atoms with Gasteiger partial charge in [-0.05, 0) is 24.6 Å². The Kier molecular flexibility index (Phi) is 5.68. The van der Waals surface area contributed by atoms with Crippen LogP contribution in [0, 0.1) is 0 Å². The van der Waals surface area contributed by atoms with E-state index in [0.717, 1.165) is 12.8 Å². The van der Waals surface area contributed by atoms with Crippen molar-refractivity contribution in [3.8, 4) is 0 Å². The van der Waals surface area contributed by atoms with Gasteiger partial charge in [-0.25, -0.2) is 8.42 Å². The second kappa shape index (κ2) is 7.47. The Balaban J connectivity index is 1.96. The highest BCUT2D eigenvalue weighted by molar-refractivity contribution is 8.16. The minimum absolute atomic E-state index is 0.0487. The molecule has 2 atom stereocenters. The lowest BCUT2D eigenvalue weighted by Gasteiger charge is -2.24. The average Bonchev–Trinajstić information content (AvgIpc) is 2.99. The van der Waals surface area contributed by atoms with Gasteiger partial charge in [0.25, 0.3) is 0 Å². The molecular weight excluding hydrogens is 403 g/mol.